The number of halogens is 1. The Hall–Kier alpha value is -0.780. The van der Waals surface area contributed by atoms with Crippen molar-refractivity contribution in [1.29, 1.82) is 0 Å². The van der Waals surface area contributed by atoms with Crippen molar-refractivity contribution >= 4 is 27.7 Å². The smallest absolute Gasteiger partial charge is 0.116 e. The average molecular weight is 338 g/mol. The van der Waals surface area contributed by atoms with E-state index in [1.165, 1.54) is 23.4 Å². The van der Waals surface area contributed by atoms with Gasteiger partial charge in [-0.3, -0.25) is 0 Å². The highest BCUT2D eigenvalue weighted by Crippen LogP contribution is 2.24. The van der Waals surface area contributed by atoms with Crippen molar-refractivity contribution in [3.63, 3.8) is 0 Å². The lowest BCUT2D eigenvalue weighted by Gasteiger charge is -2.01. The van der Waals surface area contributed by atoms with E-state index in [0.29, 0.717) is 0 Å². The maximum Gasteiger partial charge on any atom is 0.116 e. The molecule has 3 rings (SSSR count). The number of H-pyrrole nitrogens is 1. The van der Waals surface area contributed by atoms with Gasteiger partial charge in [0.05, 0.1) is 5.75 Å². The van der Waals surface area contributed by atoms with Gasteiger partial charge in [0.2, 0.25) is 0 Å². The Morgan fingerprint density at radius 2 is 2.32 bits per heavy atom. The van der Waals surface area contributed by atoms with E-state index in [2.05, 4.69) is 49.4 Å². The molecule has 0 bridgehead atoms. The molecule has 1 aromatic heterocycles. The summed E-state index contributed by atoms with van der Waals surface area (Å²) in [5.41, 5.74) is 1.18. The lowest BCUT2D eigenvalue weighted by Crippen LogP contribution is -2.15. The SMILES string of the molecule is Brc1cccc(SCc2ncc(CNC3CC3)[nH]2)c1. The molecule has 1 heterocycles. The molecule has 100 valence electrons. The molecule has 1 aliphatic carbocycles. The van der Waals surface area contributed by atoms with Crippen molar-refractivity contribution in [3.05, 3.63) is 46.5 Å². The number of nitrogens with one attached hydrogen (secondary N) is 2. The molecule has 0 aliphatic heterocycles. The van der Waals surface area contributed by atoms with Crippen LogP contribution in [0.4, 0.5) is 0 Å². The molecular weight excluding hydrogens is 322 g/mol. The third kappa shape index (κ3) is 4.09. The largest absolute Gasteiger partial charge is 0.344 e. The lowest BCUT2D eigenvalue weighted by molar-refractivity contribution is 0.676. The summed E-state index contributed by atoms with van der Waals surface area (Å²) < 4.78 is 1.12. The van der Waals surface area contributed by atoms with Crippen molar-refractivity contribution in [1.82, 2.24) is 15.3 Å². The van der Waals surface area contributed by atoms with Gasteiger partial charge in [-0.25, -0.2) is 4.98 Å². The van der Waals surface area contributed by atoms with Crippen LogP contribution in [-0.4, -0.2) is 16.0 Å². The zero-order chi connectivity index (χ0) is 13.1. The van der Waals surface area contributed by atoms with Gasteiger partial charge in [-0.15, -0.1) is 11.8 Å². The molecule has 0 amide bonds. The van der Waals surface area contributed by atoms with E-state index < -0.39 is 0 Å². The highest BCUT2D eigenvalue weighted by atomic mass is 79.9. The van der Waals surface area contributed by atoms with Crippen LogP contribution in [0.15, 0.2) is 39.8 Å². The summed E-state index contributed by atoms with van der Waals surface area (Å²) in [7, 11) is 0. The molecule has 3 nitrogen and oxygen atoms in total. The number of imidazole rings is 1. The second kappa shape index (κ2) is 6.11. The predicted octanol–water partition coefficient (Wildman–Crippen LogP) is 3.72. The minimum absolute atomic E-state index is 0.739. The molecule has 1 fully saturated rings. The fourth-order valence-electron chi connectivity index (χ4n) is 1.82. The number of benzene rings is 1. The Bertz CT molecular complexity index is 551. The average Bonchev–Trinajstić information content (AvgIpc) is 3.13. The number of rotatable bonds is 6. The standard InChI is InChI=1S/C14H16BrN3S/c15-10-2-1-3-13(6-10)19-9-14-17-8-12(18-14)7-16-11-4-5-11/h1-3,6,8,11,16H,4-5,7,9H2,(H,17,18). The van der Waals surface area contributed by atoms with E-state index in [1.807, 2.05) is 12.3 Å². The van der Waals surface area contributed by atoms with E-state index in [1.54, 1.807) is 11.8 Å². The second-order valence-corrected chi connectivity index (χ2v) is 6.72. The quantitative estimate of drug-likeness (QED) is 0.789. The van der Waals surface area contributed by atoms with Crippen molar-refractivity contribution in [2.45, 2.75) is 36.1 Å². The Labute approximate surface area is 125 Å². The van der Waals surface area contributed by atoms with E-state index in [0.717, 1.165) is 28.6 Å². The van der Waals surface area contributed by atoms with Crippen molar-refractivity contribution in [2.75, 3.05) is 0 Å². The number of hydrogen-bond donors (Lipinski definition) is 2. The normalized spacial score (nSPS) is 14.8. The summed E-state index contributed by atoms with van der Waals surface area (Å²) in [6.07, 6.45) is 4.58. The predicted molar refractivity (Wildman–Crippen MR) is 82.2 cm³/mol. The minimum atomic E-state index is 0.739. The first kappa shape index (κ1) is 13.2. The summed E-state index contributed by atoms with van der Waals surface area (Å²) in [6, 6.07) is 9.08. The van der Waals surface area contributed by atoms with E-state index >= 15 is 0 Å². The first-order chi connectivity index (χ1) is 9.29. The third-order valence-corrected chi connectivity index (χ3v) is 4.51. The zero-order valence-electron chi connectivity index (χ0n) is 10.5. The van der Waals surface area contributed by atoms with E-state index in [9.17, 15) is 0 Å². The summed E-state index contributed by atoms with van der Waals surface area (Å²) >= 11 is 5.28. The van der Waals surface area contributed by atoms with Gasteiger partial charge in [-0.05, 0) is 31.0 Å². The Balaban J connectivity index is 1.51. The fraction of sp³-hybridized carbons (Fsp3) is 0.357. The topological polar surface area (TPSA) is 40.7 Å². The molecule has 0 unspecified atom stereocenters. The van der Waals surface area contributed by atoms with Crippen LogP contribution in [0.1, 0.15) is 24.4 Å². The first-order valence-electron chi connectivity index (χ1n) is 6.44. The van der Waals surface area contributed by atoms with Crippen LogP contribution in [0.2, 0.25) is 0 Å². The van der Waals surface area contributed by atoms with Gasteiger partial charge in [0, 0.05) is 33.8 Å². The van der Waals surface area contributed by atoms with Gasteiger partial charge in [-0.1, -0.05) is 22.0 Å². The van der Waals surface area contributed by atoms with Crippen molar-refractivity contribution in [2.24, 2.45) is 0 Å². The number of thioether (sulfide) groups is 1. The molecular formula is C14H16BrN3S. The van der Waals surface area contributed by atoms with Gasteiger partial charge < -0.3 is 10.3 Å². The highest BCUT2D eigenvalue weighted by Gasteiger charge is 2.20. The summed E-state index contributed by atoms with van der Waals surface area (Å²) in [5.74, 6) is 1.91. The number of nitrogens with zero attached hydrogens (tertiary/aromatic N) is 1. The Morgan fingerprint density at radius 1 is 1.42 bits per heavy atom. The molecule has 0 spiro atoms. The van der Waals surface area contributed by atoms with Crippen LogP contribution >= 0.6 is 27.7 Å². The van der Waals surface area contributed by atoms with Crippen LogP contribution in [0.25, 0.3) is 0 Å². The Kier molecular flexibility index (Phi) is 4.25. The van der Waals surface area contributed by atoms with Gasteiger partial charge in [0.25, 0.3) is 0 Å². The van der Waals surface area contributed by atoms with Crippen LogP contribution in [-0.2, 0) is 12.3 Å². The molecule has 0 atom stereocenters. The first-order valence-corrected chi connectivity index (χ1v) is 8.22. The zero-order valence-corrected chi connectivity index (χ0v) is 12.9. The van der Waals surface area contributed by atoms with Gasteiger partial charge in [0.15, 0.2) is 0 Å². The molecule has 2 N–H and O–H groups in total. The van der Waals surface area contributed by atoms with Crippen LogP contribution < -0.4 is 5.32 Å². The second-order valence-electron chi connectivity index (χ2n) is 4.76. The van der Waals surface area contributed by atoms with Crippen LogP contribution in [0.3, 0.4) is 0 Å². The number of hydrogen-bond acceptors (Lipinski definition) is 3. The highest BCUT2D eigenvalue weighted by molar-refractivity contribution is 9.10. The third-order valence-electron chi connectivity index (χ3n) is 3.01. The summed E-state index contributed by atoms with van der Waals surface area (Å²) in [5, 5.41) is 3.48. The minimum Gasteiger partial charge on any atom is -0.344 e. The van der Waals surface area contributed by atoms with Crippen LogP contribution in [0.5, 0.6) is 0 Å². The maximum absolute atomic E-state index is 4.42. The van der Waals surface area contributed by atoms with E-state index in [-0.39, 0.29) is 0 Å². The van der Waals surface area contributed by atoms with Crippen molar-refractivity contribution < 1.29 is 0 Å². The number of aromatic nitrogens is 2. The lowest BCUT2D eigenvalue weighted by atomic mass is 10.4. The molecule has 1 saturated carbocycles. The molecule has 2 aromatic rings. The Morgan fingerprint density at radius 3 is 3.11 bits per heavy atom. The number of aromatic amines is 1. The van der Waals surface area contributed by atoms with Gasteiger partial charge in [0.1, 0.15) is 5.82 Å². The van der Waals surface area contributed by atoms with Gasteiger partial charge >= 0.3 is 0 Å². The van der Waals surface area contributed by atoms with Crippen molar-refractivity contribution in [3.8, 4) is 0 Å². The summed E-state index contributed by atoms with van der Waals surface area (Å²) in [4.78, 5) is 9.05. The summed E-state index contributed by atoms with van der Waals surface area (Å²) in [6.45, 7) is 0.902. The monoisotopic (exact) mass is 337 g/mol. The molecule has 1 aliphatic rings. The molecule has 19 heavy (non-hydrogen) atoms. The molecule has 5 heteroatoms. The maximum atomic E-state index is 4.42. The fourth-order valence-corrected chi connectivity index (χ4v) is 3.21. The van der Waals surface area contributed by atoms with Crippen LogP contribution in [0, 0.1) is 0 Å². The molecule has 0 saturated heterocycles. The molecule has 0 radical (unpaired) electrons. The molecule has 1 aromatic carbocycles. The van der Waals surface area contributed by atoms with Gasteiger partial charge in [-0.2, -0.15) is 0 Å². The van der Waals surface area contributed by atoms with E-state index in [4.69, 9.17) is 0 Å².